The van der Waals surface area contributed by atoms with Crippen molar-refractivity contribution in [3.8, 4) is 5.75 Å². The van der Waals surface area contributed by atoms with Crippen LogP contribution in [0.2, 0.25) is 5.02 Å². The summed E-state index contributed by atoms with van der Waals surface area (Å²) < 4.78 is 55.2. The number of rotatable bonds is 10. The van der Waals surface area contributed by atoms with Gasteiger partial charge in [-0.05, 0) is 37.0 Å². The van der Waals surface area contributed by atoms with E-state index in [0.717, 1.165) is 31.5 Å². The van der Waals surface area contributed by atoms with Crippen molar-refractivity contribution in [2.24, 2.45) is 18.0 Å². The number of halogens is 4. The Hall–Kier alpha value is -4.47. The quantitative estimate of drug-likeness (QED) is 0.198. The van der Waals surface area contributed by atoms with Gasteiger partial charge in [0.2, 0.25) is 11.9 Å². The van der Waals surface area contributed by atoms with E-state index in [-0.39, 0.29) is 63.9 Å². The standard InChI is InChI=1S/C31H33ClF3N9O3/c1-42(29(45)17-4-5-17)25-14-37-22(12-38-25)23(11-36)47-24-13-39-28-27(26(24)32)43(2)30(41-28)40-19-7-6-18(21(10-19)31(33,34)35)15-44-9-8-20(16-44)46-3/h6-7,10-14,17,20,36-37H,4-5,8-9,15-16H2,1-3H3,(H,39,40,41)/b23-22+,36-11?/t20-/m0/s1. The van der Waals surface area contributed by atoms with Crippen LogP contribution in [0.3, 0.4) is 0 Å². The Balaban J connectivity index is 1.21. The molecule has 2 aliphatic heterocycles. The summed E-state index contributed by atoms with van der Waals surface area (Å²) in [4.78, 5) is 28.9. The van der Waals surface area contributed by atoms with Crippen molar-refractivity contribution >= 4 is 52.7 Å². The topological polar surface area (TPSA) is 133 Å². The van der Waals surface area contributed by atoms with Crippen molar-refractivity contribution in [3.05, 3.63) is 64.0 Å². The number of nitrogens with one attached hydrogen (secondary N) is 3. The second-order valence-electron chi connectivity index (χ2n) is 11.6. The minimum absolute atomic E-state index is 0.00122. The number of hydrogen-bond acceptors (Lipinski definition) is 10. The number of anilines is 2. The van der Waals surface area contributed by atoms with Crippen molar-refractivity contribution in [1.82, 2.24) is 29.7 Å². The molecule has 1 aromatic carbocycles. The highest BCUT2D eigenvalue weighted by atomic mass is 35.5. The average molecular weight is 672 g/mol. The van der Waals surface area contributed by atoms with Crippen LogP contribution in [0.5, 0.6) is 5.75 Å². The van der Waals surface area contributed by atoms with Crippen molar-refractivity contribution < 1.29 is 27.4 Å². The van der Waals surface area contributed by atoms with Crippen molar-refractivity contribution in [3.63, 3.8) is 0 Å². The first-order valence-electron chi connectivity index (χ1n) is 14.9. The zero-order valence-electron chi connectivity index (χ0n) is 25.9. The molecule has 1 saturated carbocycles. The smallest absolute Gasteiger partial charge is 0.416 e. The summed E-state index contributed by atoms with van der Waals surface area (Å²) in [5.74, 6) is 0.869. The Kier molecular flexibility index (Phi) is 8.96. The third kappa shape index (κ3) is 6.82. The molecule has 12 nitrogen and oxygen atoms in total. The van der Waals surface area contributed by atoms with Gasteiger partial charge in [-0.25, -0.2) is 9.98 Å². The molecule has 1 aliphatic carbocycles. The summed E-state index contributed by atoms with van der Waals surface area (Å²) in [5.41, 5.74) is 0.590. The molecule has 0 radical (unpaired) electrons. The van der Waals surface area contributed by atoms with Gasteiger partial charge in [0.1, 0.15) is 16.2 Å². The fourth-order valence-electron chi connectivity index (χ4n) is 5.52. The van der Waals surface area contributed by atoms with E-state index < -0.39 is 11.7 Å². The molecule has 1 amide bonds. The van der Waals surface area contributed by atoms with Gasteiger partial charge in [-0.3, -0.25) is 14.6 Å². The van der Waals surface area contributed by atoms with Crippen LogP contribution in [0, 0.1) is 11.3 Å². The largest absolute Gasteiger partial charge is 0.450 e. The molecular weight excluding hydrogens is 639 g/mol. The number of fused-ring (bicyclic) bond motifs is 1. The number of allylic oxidation sites excluding steroid dienone is 2. The van der Waals surface area contributed by atoms with Crippen LogP contribution in [-0.2, 0) is 29.3 Å². The van der Waals surface area contributed by atoms with Crippen molar-refractivity contribution in [1.29, 1.82) is 5.41 Å². The number of pyridine rings is 1. The summed E-state index contributed by atoms with van der Waals surface area (Å²) in [5, 5.41) is 14.0. The van der Waals surface area contributed by atoms with Crippen molar-refractivity contribution in [2.75, 3.05) is 32.6 Å². The van der Waals surface area contributed by atoms with Crippen LogP contribution < -0.4 is 15.4 Å². The molecule has 4 heterocycles. The molecule has 0 unspecified atom stereocenters. The van der Waals surface area contributed by atoms with E-state index in [1.165, 1.54) is 23.4 Å². The maximum atomic E-state index is 14.1. The normalized spacial score (nSPS) is 19.4. The second kappa shape index (κ2) is 13.0. The fourth-order valence-corrected chi connectivity index (χ4v) is 5.82. The first-order chi connectivity index (χ1) is 22.5. The zero-order chi connectivity index (χ0) is 33.5. The van der Waals surface area contributed by atoms with E-state index in [1.54, 1.807) is 38.0 Å². The van der Waals surface area contributed by atoms with E-state index in [9.17, 15) is 18.0 Å². The van der Waals surface area contributed by atoms with E-state index in [0.29, 0.717) is 30.1 Å². The second-order valence-corrected chi connectivity index (χ2v) is 12.0. The number of likely N-dealkylation sites (tertiary alicyclic amines) is 1. The van der Waals surface area contributed by atoms with Gasteiger partial charge < -0.3 is 30.1 Å². The van der Waals surface area contributed by atoms with Gasteiger partial charge >= 0.3 is 6.18 Å². The maximum absolute atomic E-state index is 14.1. The molecule has 6 rings (SSSR count). The van der Waals surface area contributed by atoms with Gasteiger partial charge in [0.25, 0.3) is 0 Å². The van der Waals surface area contributed by atoms with Crippen LogP contribution in [0.15, 0.2) is 52.9 Å². The van der Waals surface area contributed by atoms with Crippen LogP contribution in [0.4, 0.5) is 24.8 Å². The van der Waals surface area contributed by atoms with Gasteiger partial charge in [-0.1, -0.05) is 17.7 Å². The number of hydrogen-bond donors (Lipinski definition) is 3. The number of benzene rings is 1. The van der Waals surface area contributed by atoms with Crippen LogP contribution in [0.1, 0.15) is 30.4 Å². The molecule has 3 aromatic rings. The van der Waals surface area contributed by atoms with Gasteiger partial charge in [0, 0.05) is 58.6 Å². The average Bonchev–Trinajstić information content (AvgIpc) is 3.73. The van der Waals surface area contributed by atoms with Crippen LogP contribution in [-0.4, -0.2) is 76.0 Å². The first kappa shape index (κ1) is 32.5. The summed E-state index contributed by atoms with van der Waals surface area (Å²) in [6, 6.07) is 4.13. The third-order valence-corrected chi connectivity index (χ3v) is 8.70. The van der Waals surface area contributed by atoms with Gasteiger partial charge in [0.15, 0.2) is 23.0 Å². The minimum Gasteiger partial charge on any atom is -0.450 e. The predicted octanol–water partition coefficient (Wildman–Crippen LogP) is 5.19. The number of alkyl halides is 3. The molecule has 2 aromatic heterocycles. The lowest BCUT2D eigenvalue weighted by Crippen LogP contribution is -2.30. The number of nitrogens with zero attached hydrogens (tertiary/aromatic N) is 6. The highest BCUT2D eigenvalue weighted by Gasteiger charge is 2.35. The molecule has 2 fully saturated rings. The number of methoxy groups -OCH3 is 1. The van der Waals surface area contributed by atoms with E-state index in [4.69, 9.17) is 26.5 Å². The van der Waals surface area contributed by atoms with Gasteiger partial charge in [-0.15, -0.1) is 0 Å². The van der Waals surface area contributed by atoms with E-state index in [1.807, 2.05) is 4.90 Å². The fraction of sp³-hybridized carbons (Fsp3) is 0.387. The highest BCUT2D eigenvalue weighted by molar-refractivity contribution is 6.36. The molecular formula is C31H33ClF3N9O3. The molecule has 16 heteroatoms. The van der Waals surface area contributed by atoms with Gasteiger partial charge in [0.05, 0.1) is 30.3 Å². The molecule has 47 heavy (non-hydrogen) atoms. The van der Waals surface area contributed by atoms with Crippen LogP contribution in [0.25, 0.3) is 11.2 Å². The maximum Gasteiger partial charge on any atom is 0.416 e. The van der Waals surface area contributed by atoms with Crippen molar-refractivity contribution in [2.45, 2.75) is 38.1 Å². The number of imidazole rings is 1. The van der Waals surface area contributed by atoms with E-state index >= 15 is 0 Å². The molecule has 1 atom stereocenters. The highest BCUT2D eigenvalue weighted by Crippen LogP contribution is 2.37. The number of carbonyl (C=O) groups excluding carboxylic acids is 1. The molecule has 3 aliphatic rings. The number of aryl methyl sites for hydroxylation is 1. The van der Waals surface area contributed by atoms with Gasteiger partial charge in [-0.2, -0.15) is 18.2 Å². The lowest BCUT2D eigenvalue weighted by molar-refractivity contribution is -0.138. The molecule has 0 spiro atoms. The number of ether oxygens (including phenoxy) is 2. The monoisotopic (exact) mass is 671 g/mol. The Morgan fingerprint density at radius 3 is 2.72 bits per heavy atom. The summed E-state index contributed by atoms with van der Waals surface area (Å²) >= 11 is 6.72. The number of carbonyl (C=O) groups is 1. The number of aromatic nitrogens is 3. The lowest BCUT2D eigenvalue weighted by atomic mass is 10.1. The molecule has 0 bridgehead atoms. The Morgan fingerprint density at radius 2 is 2.09 bits per heavy atom. The first-order valence-corrected chi connectivity index (χ1v) is 15.3. The van der Waals surface area contributed by atoms with Crippen LogP contribution >= 0.6 is 11.6 Å². The lowest BCUT2D eigenvalue weighted by Gasteiger charge is -2.21. The molecule has 1 saturated heterocycles. The molecule has 3 N–H and O–H groups in total. The minimum atomic E-state index is -4.56. The third-order valence-electron chi connectivity index (χ3n) is 8.33. The Labute approximate surface area is 273 Å². The zero-order valence-corrected chi connectivity index (χ0v) is 26.6. The molecule has 248 valence electrons. The summed E-state index contributed by atoms with van der Waals surface area (Å²) in [6.45, 7) is 1.40. The Morgan fingerprint density at radius 1 is 1.30 bits per heavy atom. The summed E-state index contributed by atoms with van der Waals surface area (Å²) in [7, 11) is 4.91. The SMILES string of the molecule is CO[C@H]1CCN(Cc2ccc(Nc3nc4ncc(O/C(C=N)=C5\C=NC(N(C)C(=O)C6CC6)=CN5)c(Cl)c4n3C)cc2C(F)(F)F)C1. The number of aliphatic imine (C=N–C) groups is 1. The Bertz CT molecular complexity index is 1820. The summed E-state index contributed by atoms with van der Waals surface area (Å²) in [6.07, 6.45) is 3.29. The predicted molar refractivity (Wildman–Crippen MR) is 171 cm³/mol. The van der Waals surface area contributed by atoms with E-state index in [2.05, 4.69) is 25.6 Å². The number of amides is 1.